The van der Waals surface area contributed by atoms with E-state index >= 15 is 0 Å². The van der Waals surface area contributed by atoms with Crippen molar-refractivity contribution < 1.29 is 58.0 Å². The smallest absolute Gasteiger partial charge is 0.339 e. The van der Waals surface area contributed by atoms with Gasteiger partial charge in [-0.3, -0.25) is 33.6 Å². The molecule has 332 valence electrons. The van der Waals surface area contributed by atoms with E-state index in [1.54, 1.807) is 62.4 Å². The van der Waals surface area contributed by atoms with Gasteiger partial charge in [0.2, 0.25) is 23.6 Å². The number of nitrogens with one attached hydrogen (secondary N) is 5. The molecule has 0 bridgehead atoms. The van der Waals surface area contributed by atoms with Crippen LogP contribution in [-0.4, -0.2) is 107 Å². The standard InChI is InChI=1S/C44H54N6O12/c1-25-11-9-12-26(2)38(25)44(60)62-24-35(51)33(22-37(54)55)49-40(56)32(19-20-45)48-43(59)39(27(3)61-23-28-13-5-4-6-14-28)50-41(57)31(17-10-18-36(52)53)47-42(58)34-21-29-15-7-8-16-30(29)46-34/h4-9,11-16,27,31-34,39,46H,10,17-24,45H2,1-3H3,(H,47,58)(H,48,59)(H,49,56)(H,50,57)(H,52,53)(H,54,55)/t27?,31-,32-,33-,34-,39-/m0/s1. The van der Waals surface area contributed by atoms with Crippen LogP contribution < -0.4 is 32.3 Å². The Hall–Kier alpha value is -6.66. The molecule has 18 heteroatoms. The maximum atomic E-state index is 14.1. The third-order valence-corrected chi connectivity index (χ3v) is 10.2. The van der Waals surface area contributed by atoms with E-state index in [-0.39, 0.29) is 44.4 Å². The molecule has 0 spiro atoms. The van der Waals surface area contributed by atoms with E-state index in [1.807, 2.05) is 24.3 Å². The fourth-order valence-electron chi connectivity index (χ4n) is 6.84. The van der Waals surface area contributed by atoms with Crippen LogP contribution >= 0.6 is 0 Å². The fourth-order valence-corrected chi connectivity index (χ4v) is 6.84. The molecule has 0 fully saturated rings. The Morgan fingerprint density at radius 1 is 0.758 bits per heavy atom. The van der Waals surface area contributed by atoms with Gasteiger partial charge in [-0.05, 0) is 74.9 Å². The molecule has 1 heterocycles. The Kier molecular flexibility index (Phi) is 18.1. The second kappa shape index (κ2) is 23.4. The highest BCUT2D eigenvalue weighted by molar-refractivity contribution is 5.99. The number of para-hydroxylation sites is 1. The van der Waals surface area contributed by atoms with Gasteiger partial charge >= 0.3 is 17.9 Å². The summed E-state index contributed by atoms with van der Waals surface area (Å²) in [5.41, 5.74) is 9.62. The zero-order chi connectivity index (χ0) is 45.3. The molecule has 62 heavy (non-hydrogen) atoms. The number of rotatable bonds is 24. The summed E-state index contributed by atoms with van der Waals surface area (Å²) in [7, 11) is 0. The molecular weight excluding hydrogens is 805 g/mol. The summed E-state index contributed by atoms with van der Waals surface area (Å²) in [6.45, 7) is 3.86. The van der Waals surface area contributed by atoms with Gasteiger partial charge in [-0.2, -0.15) is 0 Å². The van der Waals surface area contributed by atoms with Crippen LogP contribution in [0.25, 0.3) is 0 Å². The predicted octanol–water partition coefficient (Wildman–Crippen LogP) is 1.69. The zero-order valence-electron chi connectivity index (χ0n) is 34.8. The summed E-state index contributed by atoms with van der Waals surface area (Å²) in [6.07, 6.45) is -2.22. The summed E-state index contributed by atoms with van der Waals surface area (Å²) in [5.74, 6) is -7.60. The third kappa shape index (κ3) is 14.2. The number of aryl methyl sites for hydroxylation is 2. The van der Waals surface area contributed by atoms with Gasteiger partial charge in [-0.15, -0.1) is 0 Å². The number of fused-ring (bicyclic) bond motifs is 1. The topological polar surface area (TPSA) is 282 Å². The number of amides is 4. The molecule has 4 rings (SSSR count). The van der Waals surface area contributed by atoms with Crippen molar-refractivity contribution in [1.82, 2.24) is 21.3 Å². The number of anilines is 1. The molecule has 1 aliphatic rings. The Bertz CT molecular complexity index is 2050. The number of carboxylic acids is 2. The molecular formula is C44H54N6O12. The van der Waals surface area contributed by atoms with Crippen LogP contribution in [0.4, 0.5) is 5.69 Å². The Balaban J connectivity index is 1.52. The maximum absolute atomic E-state index is 14.1. The van der Waals surface area contributed by atoms with Crippen molar-refractivity contribution in [2.24, 2.45) is 5.73 Å². The van der Waals surface area contributed by atoms with Crippen LogP contribution in [0.1, 0.15) is 71.6 Å². The van der Waals surface area contributed by atoms with E-state index in [0.29, 0.717) is 17.5 Å². The number of carbonyl (C=O) groups excluding carboxylic acids is 6. The first-order valence-corrected chi connectivity index (χ1v) is 20.2. The molecule has 1 unspecified atom stereocenters. The first-order chi connectivity index (χ1) is 29.6. The van der Waals surface area contributed by atoms with Gasteiger partial charge < -0.3 is 52.0 Å². The largest absolute Gasteiger partial charge is 0.481 e. The number of benzene rings is 3. The number of nitrogens with two attached hydrogens (primary N) is 1. The van der Waals surface area contributed by atoms with Crippen molar-refractivity contribution in [3.63, 3.8) is 0 Å². The minimum atomic E-state index is -1.68. The molecule has 18 nitrogen and oxygen atoms in total. The van der Waals surface area contributed by atoms with Crippen LogP contribution in [0.15, 0.2) is 72.8 Å². The normalized spacial score (nSPS) is 15.3. The van der Waals surface area contributed by atoms with Crippen LogP contribution in [0.5, 0.6) is 0 Å². The maximum Gasteiger partial charge on any atom is 0.339 e. The number of carbonyl (C=O) groups is 8. The van der Waals surface area contributed by atoms with Crippen molar-refractivity contribution in [2.75, 3.05) is 18.5 Å². The number of esters is 1. The van der Waals surface area contributed by atoms with Crippen LogP contribution in [0.3, 0.4) is 0 Å². The first-order valence-electron chi connectivity index (χ1n) is 20.2. The van der Waals surface area contributed by atoms with Crippen LogP contribution in [0.2, 0.25) is 0 Å². The van der Waals surface area contributed by atoms with Gasteiger partial charge in [-0.1, -0.05) is 66.7 Å². The molecule has 0 radical (unpaired) electrons. The molecule has 3 aromatic rings. The molecule has 9 N–H and O–H groups in total. The quantitative estimate of drug-likeness (QED) is 0.0596. The summed E-state index contributed by atoms with van der Waals surface area (Å²) in [4.78, 5) is 105. The van der Waals surface area contributed by atoms with Crippen molar-refractivity contribution in [3.05, 3.63) is 101 Å². The van der Waals surface area contributed by atoms with E-state index in [9.17, 15) is 48.6 Å². The van der Waals surface area contributed by atoms with Gasteiger partial charge in [0.15, 0.2) is 12.4 Å². The lowest BCUT2D eigenvalue weighted by molar-refractivity contribution is -0.141. The molecule has 6 atom stereocenters. The van der Waals surface area contributed by atoms with Crippen molar-refractivity contribution in [3.8, 4) is 0 Å². The number of carboxylic acid groups (broad SMARTS) is 2. The number of hydrogen-bond donors (Lipinski definition) is 8. The second-order valence-corrected chi connectivity index (χ2v) is 15.0. The highest BCUT2D eigenvalue weighted by Gasteiger charge is 2.36. The second-order valence-electron chi connectivity index (χ2n) is 15.0. The molecule has 0 saturated heterocycles. The SMILES string of the molecule is Cc1cccc(C)c1C(=O)OCC(=O)[C@H](CC(=O)O)NC(=O)[C@H](CCN)NC(=O)[C@@H](NC(=O)[C@H](CCCC(=O)O)NC(=O)[C@@H]1Cc2ccccc2N1)C(C)OCc1ccccc1. The summed E-state index contributed by atoms with van der Waals surface area (Å²) in [6, 6.07) is 14.7. The van der Waals surface area contributed by atoms with Gasteiger partial charge in [0, 0.05) is 18.5 Å². The van der Waals surface area contributed by atoms with Crippen molar-refractivity contribution >= 4 is 53.0 Å². The summed E-state index contributed by atoms with van der Waals surface area (Å²) >= 11 is 0. The third-order valence-electron chi connectivity index (χ3n) is 10.2. The molecule has 0 aliphatic carbocycles. The average Bonchev–Trinajstić information content (AvgIpc) is 3.68. The first kappa shape index (κ1) is 48.0. The highest BCUT2D eigenvalue weighted by Crippen LogP contribution is 2.25. The monoisotopic (exact) mass is 858 g/mol. The molecule has 1 aliphatic heterocycles. The number of ketones is 1. The lowest BCUT2D eigenvalue weighted by atomic mass is 10.0. The average molecular weight is 859 g/mol. The van der Waals surface area contributed by atoms with Gasteiger partial charge in [0.05, 0.1) is 24.7 Å². The van der Waals surface area contributed by atoms with Gasteiger partial charge in [0.25, 0.3) is 0 Å². The predicted molar refractivity (Wildman–Crippen MR) is 225 cm³/mol. The minimum Gasteiger partial charge on any atom is -0.481 e. The zero-order valence-corrected chi connectivity index (χ0v) is 34.8. The molecule has 4 amide bonds. The van der Waals surface area contributed by atoms with E-state index in [4.69, 9.17) is 15.2 Å². The van der Waals surface area contributed by atoms with Gasteiger partial charge in [0.1, 0.15) is 30.2 Å². The van der Waals surface area contributed by atoms with Crippen molar-refractivity contribution in [2.45, 2.75) is 102 Å². The van der Waals surface area contributed by atoms with Gasteiger partial charge in [-0.25, -0.2) is 4.79 Å². The highest BCUT2D eigenvalue weighted by atomic mass is 16.5. The van der Waals surface area contributed by atoms with E-state index in [2.05, 4.69) is 26.6 Å². The fraction of sp³-hybridized carbons (Fsp3) is 0.409. The van der Waals surface area contributed by atoms with E-state index < -0.39 is 96.7 Å². The molecule has 0 saturated carbocycles. The number of Topliss-reactive ketones (excluding diaryl/α,β-unsaturated/α-hetero) is 1. The number of aliphatic carboxylic acids is 2. The molecule has 0 aromatic heterocycles. The number of hydrogen-bond acceptors (Lipinski definition) is 12. The van der Waals surface area contributed by atoms with Crippen molar-refractivity contribution in [1.29, 1.82) is 0 Å². The van der Waals surface area contributed by atoms with Crippen LogP contribution in [0, 0.1) is 13.8 Å². The van der Waals surface area contributed by atoms with E-state index in [1.165, 1.54) is 6.92 Å². The lowest BCUT2D eigenvalue weighted by Crippen LogP contribution is -2.61. The Morgan fingerprint density at radius 3 is 2.03 bits per heavy atom. The summed E-state index contributed by atoms with van der Waals surface area (Å²) in [5, 5.41) is 32.2. The lowest BCUT2D eigenvalue weighted by Gasteiger charge is -2.29. The minimum absolute atomic E-state index is 0.00264. The Labute approximate surface area is 358 Å². The number of ether oxygens (including phenoxy) is 2. The summed E-state index contributed by atoms with van der Waals surface area (Å²) < 4.78 is 11.2. The van der Waals surface area contributed by atoms with Crippen LogP contribution in [-0.2, 0) is 56.1 Å². The van der Waals surface area contributed by atoms with E-state index in [0.717, 1.165) is 16.8 Å². The molecule has 3 aromatic carbocycles. The Morgan fingerprint density at radius 2 is 1.39 bits per heavy atom.